The van der Waals surface area contributed by atoms with E-state index in [0.29, 0.717) is 0 Å². The summed E-state index contributed by atoms with van der Waals surface area (Å²) in [5, 5.41) is 12.9. The summed E-state index contributed by atoms with van der Waals surface area (Å²) in [6, 6.07) is 8.25. The second-order valence-corrected chi connectivity index (χ2v) is 6.67. The molecule has 0 spiro atoms. The van der Waals surface area contributed by atoms with E-state index in [4.69, 9.17) is 0 Å². The summed E-state index contributed by atoms with van der Waals surface area (Å²) in [5.41, 5.74) is -0.162. The number of aliphatic hydroxyl groups is 1. The van der Waals surface area contributed by atoms with Crippen LogP contribution in [0.25, 0.3) is 0 Å². The van der Waals surface area contributed by atoms with Crippen LogP contribution < -0.4 is 5.32 Å². The van der Waals surface area contributed by atoms with Gasteiger partial charge in [0.05, 0.1) is 6.61 Å². The molecule has 0 radical (unpaired) electrons. The van der Waals surface area contributed by atoms with Gasteiger partial charge in [-0.1, -0.05) is 19.1 Å². The minimum absolute atomic E-state index is 0.162. The zero-order chi connectivity index (χ0) is 13.4. The molecule has 0 aliphatic heterocycles. The first-order chi connectivity index (χ1) is 8.61. The predicted molar refractivity (Wildman–Crippen MR) is 83.3 cm³/mol. The largest absolute Gasteiger partial charge is 0.394 e. The molecular formula is C14H22BrNOS. The summed E-state index contributed by atoms with van der Waals surface area (Å²) in [7, 11) is 0. The Hall–Kier alpha value is -0.0300. The number of hydrogen-bond acceptors (Lipinski definition) is 3. The normalized spacial score (nSPS) is 14.4. The Morgan fingerprint density at radius 2 is 2.11 bits per heavy atom. The van der Waals surface area contributed by atoms with Gasteiger partial charge in [0.25, 0.3) is 0 Å². The molecule has 0 saturated heterocycles. The Morgan fingerprint density at radius 1 is 1.39 bits per heavy atom. The average molecular weight is 332 g/mol. The van der Waals surface area contributed by atoms with Gasteiger partial charge in [-0.05, 0) is 60.1 Å². The topological polar surface area (TPSA) is 32.3 Å². The first-order valence-corrected chi connectivity index (χ1v) is 8.12. The molecule has 0 amide bonds. The van der Waals surface area contributed by atoms with Gasteiger partial charge in [-0.2, -0.15) is 0 Å². The SMILES string of the molecule is CCCNC(C)(CO)CCSc1ccccc1Br. The monoisotopic (exact) mass is 331 g/mol. The summed E-state index contributed by atoms with van der Waals surface area (Å²) in [5.74, 6) is 0.996. The van der Waals surface area contributed by atoms with Crippen LogP contribution in [0.4, 0.5) is 0 Å². The molecule has 0 aliphatic carbocycles. The van der Waals surface area contributed by atoms with E-state index in [1.165, 1.54) is 4.90 Å². The number of benzene rings is 1. The zero-order valence-electron chi connectivity index (χ0n) is 11.1. The standard InChI is InChI=1S/C14H22BrNOS/c1-3-9-16-14(2,11-17)8-10-18-13-7-5-4-6-12(13)15/h4-7,16-17H,3,8-11H2,1-2H3. The summed E-state index contributed by atoms with van der Waals surface area (Å²) in [6.07, 6.45) is 2.04. The summed E-state index contributed by atoms with van der Waals surface area (Å²) in [6.45, 7) is 5.37. The average Bonchev–Trinajstić information content (AvgIpc) is 2.39. The maximum Gasteiger partial charge on any atom is 0.0610 e. The Kier molecular flexibility index (Phi) is 7.30. The molecule has 18 heavy (non-hydrogen) atoms. The van der Waals surface area contributed by atoms with Crippen LogP contribution in [0.3, 0.4) is 0 Å². The van der Waals surface area contributed by atoms with Crippen molar-refractivity contribution in [2.75, 3.05) is 18.9 Å². The van der Waals surface area contributed by atoms with Crippen molar-refractivity contribution < 1.29 is 5.11 Å². The maximum atomic E-state index is 9.48. The number of rotatable bonds is 8. The summed E-state index contributed by atoms with van der Waals surface area (Å²) < 4.78 is 1.14. The molecule has 1 aromatic carbocycles. The molecular weight excluding hydrogens is 310 g/mol. The van der Waals surface area contributed by atoms with Crippen molar-refractivity contribution in [1.29, 1.82) is 0 Å². The highest BCUT2D eigenvalue weighted by Gasteiger charge is 2.21. The van der Waals surface area contributed by atoms with Crippen LogP contribution in [-0.4, -0.2) is 29.5 Å². The van der Waals surface area contributed by atoms with Gasteiger partial charge in [0.1, 0.15) is 0 Å². The van der Waals surface area contributed by atoms with Gasteiger partial charge in [0.2, 0.25) is 0 Å². The lowest BCUT2D eigenvalue weighted by Gasteiger charge is -2.28. The van der Waals surface area contributed by atoms with Crippen molar-refractivity contribution in [3.63, 3.8) is 0 Å². The van der Waals surface area contributed by atoms with Crippen LogP contribution in [0.1, 0.15) is 26.7 Å². The van der Waals surface area contributed by atoms with E-state index in [1.54, 1.807) is 0 Å². The van der Waals surface area contributed by atoms with Gasteiger partial charge < -0.3 is 10.4 Å². The number of thioether (sulfide) groups is 1. The van der Waals surface area contributed by atoms with Crippen molar-refractivity contribution in [2.24, 2.45) is 0 Å². The minimum Gasteiger partial charge on any atom is -0.394 e. The van der Waals surface area contributed by atoms with Crippen molar-refractivity contribution in [2.45, 2.75) is 37.1 Å². The number of aliphatic hydroxyl groups excluding tert-OH is 1. The van der Waals surface area contributed by atoms with Crippen LogP contribution >= 0.6 is 27.7 Å². The molecule has 1 aromatic rings. The van der Waals surface area contributed by atoms with Gasteiger partial charge in [-0.15, -0.1) is 11.8 Å². The molecule has 1 atom stereocenters. The molecule has 0 aromatic heterocycles. The van der Waals surface area contributed by atoms with Gasteiger partial charge in [-0.25, -0.2) is 0 Å². The molecule has 0 heterocycles. The molecule has 0 aliphatic rings. The molecule has 0 bridgehead atoms. The molecule has 102 valence electrons. The van der Waals surface area contributed by atoms with Crippen LogP contribution in [-0.2, 0) is 0 Å². The van der Waals surface area contributed by atoms with Crippen molar-refractivity contribution in [3.05, 3.63) is 28.7 Å². The highest BCUT2D eigenvalue weighted by molar-refractivity contribution is 9.10. The van der Waals surface area contributed by atoms with Crippen LogP contribution in [0, 0.1) is 0 Å². The summed E-state index contributed by atoms with van der Waals surface area (Å²) >= 11 is 5.37. The third kappa shape index (κ3) is 5.31. The fourth-order valence-electron chi connectivity index (χ4n) is 1.60. The van der Waals surface area contributed by atoms with E-state index in [-0.39, 0.29) is 12.1 Å². The fraction of sp³-hybridized carbons (Fsp3) is 0.571. The van der Waals surface area contributed by atoms with Crippen LogP contribution in [0.5, 0.6) is 0 Å². The Bertz CT molecular complexity index is 361. The highest BCUT2D eigenvalue weighted by Crippen LogP contribution is 2.28. The Labute approximate surface area is 123 Å². The van der Waals surface area contributed by atoms with E-state index in [9.17, 15) is 5.11 Å². The van der Waals surface area contributed by atoms with E-state index in [0.717, 1.165) is 29.6 Å². The second-order valence-electron chi connectivity index (χ2n) is 4.67. The third-order valence-corrected chi connectivity index (χ3v) is 4.93. The van der Waals surface area contributed by atoms with Crippen molar-refractivity contribution in [3.8, 4) is 0 Å². The summed E-state index contributed by atoms with van der Waals surface area (Å²) in [4.78, 5) is 1.26. The number of nitrogens with one attached hydrogen (secondary N) is 1. The smallest absolute Gasteiger partial charge is 0.0610 e. The van der Waals surface area contributed by atoms with Crippen LogP contribution in [0.15, 0.2) is 33.6 Å². The van der Waals surface area contributed by atoms with E-state index >= 15 is 0 Å². The Morgan fingerprint density at radius 3 is 2.72 bits per heavy atom. The van der Waals surface area contributed by atoms with E-state index in [1.807, 2.05) is 23.9 Å². The van der Waals surface area contributed by atoms with E-state index < -0.39 is 0 Å². The number of hydrogen-bond donors (Lipinski definition) is 2. The van der Waals surface area contributed by atoms with Gasteiger partial charge in [0.15, 0.2) is 0 Å². The second kappa shape index (κ2) is 8.20. The molecule has 4 heteroatoms. The lowest BCUT2D eigenvalue weighted by molar-refractivity contribution is 0.171. The van der Waals surface area contributed by atoms with Gasteiger partial charge >= 0.3 is 0 Å². The molecule has 1 rings (SSSR count). The molecule has 1 unspecified atom stereocenters. The lowest BCUT2D eigenvalue weighted by Crippen LogP contribution is -2.46. The first kappa shape index (κ1) is 16.0. The predicted octanol–water partition coefficient (Wildman–Crippen LogP) is 3.68. The molecule has 2 nitrogen and oxygen atoms in total. The highest BCUT2D eigenvalue weighted by atomic mass is 79.9. The molecule has 0 saturated carbocycles. The minimum atomic E-state index is -0.162. The fourth-order valence-corrected chi connectivity index (χ4v) is 3.38. The molecule has 0 fully saturated rings. The number of halogens is 1. The first-order valence-electron chi connectivity index (χ1n) is 6.34. The van der Waals surface area contributed by atoms with Crippen molar-refractivity contribution in [1.82, 2.24) is 5.32 Å². The van der Waals surface area contributed by atoms with E-state index in [2.05, 4.69) is 47.2 Å². The third-order valence-electron chi connectivity index (χ3n) is 2.90. The Balaban J connectivity index is 2.42. The quantitative estimate of drug-likeness (QED) is 0.712. The zero-order valence-corrected chi connectivity index (χ0v) is 13.5. The maximum absolute atomic E-state index is 9.48. The van der Waals surface area contributed by atoms with Crippen molar-refractivity contribution >= 4 is 27.7 Å². The molecule has 2 N–H and O–H groups in total. The van der Waals surface area contributed by atoms with Gasteiger partial charge in [0, 0.05) is 14.9 Å². The lowest BCUT2D eigenvalue weighted by atomic mass is 10.0. The van der Waals surface area contributed by atoms with Crippen LogP contribution in [0.2, 0.25) is 0 Å². The van der Waals surface area contributed by atoms with Gasteiger partial charge in [-0.3, -0.25) is 0 Å².